The first-order valence-corrected chi connectivity index (χ1v) is 3.33. The standard InChI is InChI=1S/C6H6N4O2/c1-10-4-3(2-7-10)5(11)9-6(12)8-4/h2H,1H3,(H2,8,9,11,12). The molecule has 0 aromatic carbocycles. The number of aromatic amines is 2. The van der Waals surface area contributed by atoms with Crippen molar-refractivity contribution >= 4 is 11.0 Å². The minimum atomic E-state index is -0.517. The number of aryl methyl sites for hydroxylation is 1. The highest BCUT2D eigenvalue weighted by molar-refractivity contribution is 5.72. The summed E-state index contributed by atoms with van der Waals surface area (Å²) in [6.07, 6.45) is 1.41. The number of aromatic nitrogens is 4. The maximum absolute atomic E-state index is 11.1. The summed E-state index contributed by atoms with van der Waals surface area (Å²) < 4.78 is 1.44. The molecular formula is C6H6N4O2. The average molecular weight is 166 g/mol. The lowest BCUT2D eigenvalue weighted by molar-refractivity contribution is 0.782. The first kappa shape index (κ1) is 6.84. The van der Waals surface area contributed by atoms with E-state index in [9.17, 15) is 9.59 Å². The quantitative estimate of drug-likeness (QED) is 0.523. The monoisotopic (exact) mass is 166 g/mol. The van der Waals surface area contributed by atoms with Crippen LogP contribution in [-0.4, -0.2) is 19.7 Å². The largest absolute Gasteiger partial charge is 0.327 e. The molecule has 2 aromatic rings. The van der Waals surface area contributed by atoms with Crippen LogP contribution >= 0.6 is 0 Å². The SMILES string of the molecule is Cn1ncc2c(=O)[nH]c(=O)[nH]c21. The van der Waals surface area contributed by atoms with Crippen LogP contribution in [0.3, 0.4) is 0 Å². The summed E-state index contributed by atoms with van der Waals surface area (Å²) in [5.74, 6) is 0. The van der Waals surface area contributed by atoms with Gasteiger partial charge in [-0.1, -0.05) is 0 Å². The minimum Gasteiger partial charge on any atom is -0.292 e. The van der Waals surface area contributed by atoms with Crippen LogP contribution in [0.1, 0.15) is 0 Å². The molecule has 6 heteroatoms. The number of hydrogen-bond acceptors (Lipinski definition) is 3. The lowest BCUT2D eigenvalue weighted by Gasteiger charge is -1.90. The lowest BCUT2D eigenvalue weighted by Crippen LogP contribution is -2.21. The van der Waals surface area contributed by atoms with E-state index in [-0.39, 0.29) is 0 Å². The number of nitrogens with zero attached hydrogens (tertiary/aromatic N) is 2. The third-order valence-electron chi connectivity index (χ3n) is 1.64. The molecule has 12 heavy (non-hydrogen) atoms. The first-order valence-electron chi connectivity index (χ1n) is 3.33. The number of rotatable bonds is 0. The molecule has 0 aliphatic carbocycles. The van der Waals surface area contributed by atoms with Crippen molar-refractivity contribution in [3.8, 4) is 0 Å². The molecule has 2 N–H and O–H groups in total. The van der Waals surface area contributed by atoms with E-state index in [1.807, 2.05) is 0 Å². The van der Waals surface area contributed by atoms with Crippen LogP contribution in [0, 0.1) is 0 Å². The molecule has 0 saturated carbocycles. The lowest BCUT2D eigenvalue weighted by atomic mass is 10.4. The van der Waals surface area contributed by atoms with Crippen molar-refractivity contribution in [3.63, 3.8) is 0 Å². The molecule has 2 rings (SSSR count). The second-order valence-electron chi connectivity index (χ2n) is 2.44. The summed E-state index contributed by atoms with van der Waals surface area (Å²) in [5, 5.41) is 4.21. The van der Waals surface area contributed by atoms with E-state index < -0.39 is 11.2 Å². The van der Waals surface area contributed by atoms with E-state index >= 15 is 0 Å². The Morgan fingerprint density at radius 2 is 2.17 bits per heavy atom. The number of fused-ring (bicyclic) bond motifs is 1. The van der Waals surface area contributed by atoms with Gasteiger partial charge in [0.2, 0.25) is 0 Å². The second kappa shape index (κ2) is 2.07. The predicted molar refractivity (Wildman–Crippen MR) is 42.0 cm³/mol. The fourth-order valence-electron chi connectivity index (χ4n) is 1.06. The van der Waals surface area contributed by atoms with Crippen molar-refractivity contribution < 1.29 is 0 Å². The number of hydrogen-bond donors (Lipinski definition) is 2. The van der Waals surface area contributed by atoms with Gasteiger partial charge in [0.1, 0.15) is 11.0 Å². The molecule has 62 valence electrons. The fourth-order valence-corrected chi connectivity index (χ4v) is 1.06. The Morgan fingerprint density at radius 3 is 2.92 bits per heavy atom. The zero-order valence-corrected chi connectivity index (χ0v) is 6.29. The molecule has 0 atom stereocenters. The van der Waals surface area contributed by atoms with E-state index in [1.54, 1.807) is 7.05 Å². The summed E-state index contributed by atoms with van der Waals surface area (Å²) in [5.41, 5.74) is -0.498. The van der Waals surface area contributed by atoms with E-state index in [4.69, 9.17) is 0 Å². The van der Waals surface area contributed by atoms with Crippen LogP contribution in [0.4, 0.5) is 0 Å². The minimum absolute atomic E-state index is 0.386. The maximum Gasteiger partial charge on any atom is 0.327 e. The summed E-state index contributed by atoms with van der Waals surface area (Å²) >= 11 is 0. The van der Waals surface area contributed by atoms with E-state index in [2.05, 4.69) is 15.1 Å². The van der Waals surface area contributed by atoms with Crippen molar-refractivity contribution in [2.75, 3.05) is 0 Å². The Kier molecular flexibility index (Phi) is 1.18. The van der Waals surface area contributed by atoms with Gasteiger partial charge in [-0.05, 0) is 0 Å². The highest BCUT2D eigenvalue weighted by Gasteiger charge is 2.03. The van der Waals surface area contributed by atoms with Gasteiger partial charge in [-0.2, -0.15) is 5.10 Å². The highest BCUT2D eigenvalue weighted by atomic mass is 16.2. The Bertz CT molecular complexity index is 532. The second-order valence-corrected chi connectivity index (χ2v) is 2.44. The fraction of sp³-hybridized carbons (Fsp3) is 0.167. The molecule has 0 saturated heterocycles. The zero-order chi connectivity index (χ0) is 8.72. The maximum atomic E-state index is 11.1. The van der Waals surface area contributed by atoms with Crippen LogP contribution in [0.5, 0.6) is 0 Å². The van der Waals surface area contributed by atoms with Gasteiger partial charge in [-0.3, -0.25) is 19.4 Å². The van der Waals surface area contributed by atoms with Gasteiger partial charge in [0.15, 0.2) is 0 Å². The van der Waals surface area contributed by atoms with Gasteiger partial charge in [0.25, 0.3) is 5.56 Å². The highest BCUT2D eigenvalue weighted by Crippen LogP contribution is 1.99. The van der Waals surface area contributed by atoms with Gasteiger partial charge in [-0.25, -0.2) is 4.79 Å². The Balaban J connectivity index is 3.13. The van der Waals surface area contributed by atoms with Crippen molar-refractivity contribution in [1.29, 1.82) is 0 Å². The third kappa shape index (κ3) is 0.777. The average Bonchev–Trinajstić information content (AvgIpc) is 2.33. The van der Waals surface area contributed by atoms with Gasteiger partial charge in [0.05, 0.1) is 6.20 Å². The molecule has 0 radical (unpaired) electrons. The van der Waals surface area contributed by atoms with Gasteiger partial charge in [-0.15, -0.1) is 0 Å². The van der Waals surface area contributed by atoms with E-state index in [0.717, 1.165) is 0 Å². The number of H-pyrrole nitrogens is 2. The van der Waals surface area contributed by atoms with Gasteiger partial charge < -0.3 is 0 Å². The molecule has 2 aromatic heterocycles. The van der Waals surface area contributed by atoms with Crippen molar-refractivity contribution in [1.82, 2.24) is 19.7 Å². The normalized spacial score (nSPS) is 10.8. The molecule has 0 bridgehead atoms. The predicted octanol–water partition coefficient (Wildman–Crippen LogP) is -1.05. The summed E-state index contributed by atoms with van der Waals surface area (Å²) in [4.78, 5) is 26.5. The molecule has 0 fully saturated rings. The molecule has 0 spiro atoms. The van der Waals surface area contributed by atoms with Gasteiger partial charge in [0, 0.05) is 7.05 Å². The van der Waals surface area contributed by atoms with Crippen molar-refractivity contribution in [2.24, 2.45) is 7.05 Å². The smallest absolute Gasteiger partial charge is 0.292 e. The van der Waals surface area contributed by atoms with Crippen LogP contribution in [0.15, 0.2) is 15.8 Å². The molecule has 0 aliphatic rings. The van der Waals surface area contributed by atoms with E-state index in [0.29, 0.717) is 11.0 Å². The summed E-state index contributed by atoms with van der Waals surface area (Å²) in [6, 6.07) is 0. The number of nitrogens with one attached hydrogen (secondary N) is 2. The molecule has 0 unspecified atom stereocenters. The molecule has 2 heterocycles. The topological polar surface area (TPSA) is 83.5 Å². The van der Waals surface area contributed by atoms with Crippen LogP contribution < -0.4 is 11.2 Å². The first-order chi connectivity index (χ1) is 5.68. The summed E-state index contributed by atoms with van der Waals surface area (Å²) in [7, 11) is 1.65. The van der Waals surface area contributed by atoms with Crippen LogP contribution in [0.2, 0.25) is 0 Å². The van der Waals surface area contributed by atoms with Crippen LogP contribution in [-0.2, 0) is 7.05 Å². The summed E-state index contributed by atoms with van der Waals surface area (Å²) in [6.45, 7) is 0. The van der Waals surface area contributed by atoms with Crippen molar-refractivity contribution in [3.05, 3.63) is 27.0 Å². The zero-order valence-electron chi connectivity index (χ0n) is 6.29. The molecular weight excluding hydrogens is 160 g/mol. The Labute approximate surface area is 65.8 Å². The van der Waals surface area contributed by atoms with E-state index in [1.165, 1.54) is 10.9 Å². The molecule has 0 amide bonds. The van der Waals surface area contributed by atoms with Crippen LogP contribution in [0.25, 0.3) is 11.0 Å². The third-order valence-corrected chi connectivity index (χ3v) is 1.64. The Morgan fingerprint density at radius 1 is 1.42 bits per heavy atom. The molecule has 0 aliphatic heterocycles. The Hall–Kier alpha value is -1.85. The van der Waals surface area contributed by atoms with Crippen molar-refractivity contribution in [2.45, 2.75) is 0 Å². The van der Waals surface area contributed by atoms with Gasteiger partial charge >= 0.3 is 5.69 Å². The molecule has 6 nitrogen and oxygen atoms in total.